The van der Waals surface area contributed by atoms with Gasteiger partial charge < -0.3 is 19.3 Å². The Hall–Kier alpha value is -1.75. The van der Waals surface area contributed by atoms with E-state index >= 15 is 0 Å². The van der Waals surface area contributed by atoms with Crippen LogP contribution >= 0.6 is 0 Å². The van der Waals surface area contributed by atoms with Crippen molar-refractivity contribution in [2.24, 2.45) is 4.99 Å². The normalized spacial score (nSPS) is 10.6. The molecule has 0 aliphatic carbocycles. The molecule has 0 aliphatic heterocycles. The Morgan fingerprint density at radius 1 is 1.12 bits per heavy atom. The molecule has 0 saturated carbocycles. The summed E-state index contributed by atoms with van der Waals surface area (Å²) in [5, 5.41) is 8.70. The SMILES string of the molecule is COc1ccc(OC)c(OC)c1/C=N/CCO. The van der Waals surface area contributed by atoms with Gasteiger partial charge in [-0.1, -0.05) is 0 Å². The van der Waals surface area contributed by atoms with Crippen molar-refractivity contribution in [2.45, 2.75) is 0 Å². The number of benzene rings is 1. The first-order valence-corrected chi connectivity index (χ1v) is 5.18. The molecule has 0 spiro atoms. The molecule has 0 aromatic heterocycles. The van der Waals surface area contributed by atoms with Crippen LogP contribution in [-0.2, 0) is 0 Å². The molecule has 1 aromatic rings. The number of rotatable bonds is 6. The molecule has 0 fully saturated rings. The molecule has 5 heteroatoms. The fourth-order valence-corrected chi connectivity index (χ4v) is 1.45. The number of hydrogen-bond acceptors (Lipinski definition) is 5. The molecule has 0 radical (unpaired) electrons. The quantitative estimate of drug-likeness (QED) is 0.756. The van der Waals surface area contributed by atoms with Crippen molar-refractivity contribution in [1.29, 1.82) is 0 Å². The average molecular weight is 239 g/mol. The van der Waals surface area contributed by atoms with Crippen LogP contribution in [0.25, 0.3) is 0 Å². The van der Waals surface area contributed by atoms with Gasteiger partial charge in [-0.3, -0.25) is 4.99 Å². The van der Waals surface area contributed by atoms with Gasteiger partial charge in [-0.05, 0) is 12.1 Å². The molecule has 1 N–H and O–H groups in total. The predicted molar refractivity (Wildman–Crippen MR) is 65.6 cm³/mol. The van der Waals surface area contributed by atoms with Crippen molar-refractivity contribution in [1.82, 2.24) is 0 Å². The highest BCUT2D eigenvalue weighted by Crippen LogP contribution is 2.35. The molecule has 0 atom stereocenters. The fraction of sp³-hybridized carbons (Fsp3) is 0.417. The lowest BCUT2D eigenvalue weighted by molar-refractivity contribution is 0.307. The Labute approximate surface area is 101 Å². The largest absolute Gasteiger partial charge is 0.496 e. The molecule has 0 aliphatic rings. The van der Waals surface area contributed by atoms with Crippen molar-refractivity contribution < 1.29 is 19.3 Å². The van der Waals surface area contributed by atoms with Gasteiger partial charge in [0.15, 0.2) is 11.5 Å². The number of ether oxygens (including phenoxy) is 3. The summed E-state index contributed by atoms with van der Waals surface area (Å²) in [6.07, 6.45) is 1.61. The van der Waals surface area contributed by atoms with E-state index in [0.717, 1.165) is 0 Å². The minimum atomic E-state index is 0.00506. The number of aliphatic imine (C=N–C) groups is 1. The van der Waals surface area contributed by atoms with E-state index in [1.165, 1.54) is 0 Å². The molecule has 5 nitrogen and oxygen atoms in total. The number of aliphatic hydroxyl groups is 1. The Kier molecular flexibility index (Phi) is 5.29. The number of hydrogen-bond donors (Lipinski definition) is 1. The number of aliphatic hydroxyl groups excluding tert-OH is 1. The van der Waals surface area contributed by atoms with Crippen LogP contribution < -0.4 is 14.2 Å². The van der Waals surface area contributed by atoms with Gasteiger partial charge >= 0.3 is 0 Å². The lowest BCUT2D eigenvalue weighted by Crippen LogP contribution is -1.99. The Balaban J connectivity index is 3.20. The van der Waals surface area contributed by atoms with Gasteiger partial charge in [-0.25, -0.2) is 0 Å². The lowest BCUT2D eigenvalue weighted by atomic mass is 10.1. The molecule has 0 saturated heterocycles. The van der Waals surface area contributed by atoms with Crippen molar-refractivity contribution >= 4 is 6.21 Å². The summed E-state index contributed by atoms with van der Waals surface area (Å²) in [6, 6.07) is 3.54. The Morgan fingerprint density at radius 3 is 2.29 bits per heavy atom. The van der Waals surface area contributed by atoms with Crippen molar-refractivity contribution in [3.8, 4) is 17.2 Å². The zero-order chi connectivity index (χ0) is 12.7. The number of methoxy groups -OCH3 is 3. The van der Waals surface area contributed by atoms with E-state index in [9.17, 15) is 0 Å². The molecule has 0 heterocycles. The molecule has 1 rings (SSSR count). The topological polar surface area (TPSA) is 60.3 Å². The van der Waals surface area contributed by atoms with Crippen LogP contribution in [0.4, 0.5) is 0 Å². The first kappa shape index (κ1) is 13.3. The van der Waals surface area contributed by atoms with Crippen LogP contribution in [0.5, 0.6) is 17.2 Å². The monoisotopic (exact) mass is 239 g/mol. The highest BCUT2D eigenvalue weighted by Gasteiger charge is 2.13. The smallest absolute Gasteiger partial charge is 0.173 e. The van der Waals surface area contributed by atoms with E-state index in [1.807, 2.05) is 0 Å². The highest BCUT2D eigenvalue weighted by molar-refractivity contribution is 5.89. The summed E-state index contributed by atoms with van der Waals surface area (Å²) in [6.45, 7) is 0.342. The van der Waals surface area contributed by atoms with Crippen LogP contribution in [-0.4, -0.2) is 45.8 Å². The first-order chi connectivity index (χ1) is 8.28. The summed E-state index contributed by atoms with van der Waals surface area (Å²) in [4.78, 5) is 4.06. The summed E-state index contributed by atoms with van der Waals surface area (Å²) >= 11 is 0. The third-order valence-electron chi connectivity index (χ3n) is 2.21. The molecular formula is C12H17NO4. The predicted octanol–water partition coefficient (Wildman–Crippen LogP) is 1.12. The standard InChI is InChI=1S/C12H17NO4/c1-15-10-4-5-11(16-2)12(17-3)9(10)8-13-6-7-14/h4-5,8,14H,6-7H2,1-3H3/b13-8+. The zero-order valence-electron chi connectivity index (χ0n) is 10.3. The van der Waals surface area contributed by atoms with Gasteiger partial charge in [0.1, 0.15) is 5.75 Å². The first-order valence-electron chi connectivity index (χ1n) is 5.18. The molecule has 0 unspecified atom stereocenters. The van der Waals surface area contributed by atoms with E-state index in [4.69, 9.17) is 19.3 Å². The maximum atomic E-state index is 8.70. The second-order valence-electron chi connectivity index (χ2n) is 3.18. The van der Waals surface area contributed by atoms with E-state index in [2.05, 4.69) is 4.99 Å². The van der Waals surface area contributed by atoms with Gasteiger partial charge in [0.2, 0.25) is 0 Å². The molecule has 0 bridgehead atoms. The van der Waals surface area contributed by atoms with Gasteiger partial charge in [-0.15, -0.1) is 0 Å². The lowest BCUT2D eigenvalue weighted by Gasteiger charge is -2.13. The Bertz CT molecular complexity index is 390. The molecule has 0 amide bonds. The summed E-state index contributed by atoms with van der Waals surface area (Å²) in [5.41, 5.74) is 0.697. The van der Waals surface area contributed by atoms with Crippen LogP contribution in [0, 0.1) is 0 Å². The minimum absolute atomic E-state index is 0.00506. The van der Waals surface area contributed by atoms with Crippen LogP contribution in [0.2, 0.25) is 0 Å². The molecule has 1 aromatic carbocycles. The summed E-state index contributed by atoms with van der Waals surface area (Å²) in [5.74, 6) is 1.82. The van der Waals surface area contributed by atoms with Crippen LogP contribution in [0.3, 0.4) is 0 Å². The molecule has 17 heavy (non-hydrogen) atoms. The van der Waals surface area contributed by atoms with Crippen LogP contribution in [0.1, 0.15) is 5.56 Å². The third-order valence-corrected chi connectivity index (χ3v) is 2.21. The fourth-order valence-electron chi connectivity index (χ4n) is 1.45. The minimum Gasteiger partial charge on any atom is -0.496 e. The van der Waals surface area contributed by atoms with Gasteiger partial charge in [0.25, 0.3) is 0 Å². The van der Waals surface area contributed by atoms with Gasteiger partial charge in [-0.2, -0.15) is 0 Å². The van der Waals surface area contributed by atoms with Gasteiger partial charge in [0, 0.05) is 6.21 Å². The summed E-state index contributed by atoms with van der Waals surface area (Å²) < 4.78 is 15.7. The second kappa shape index (κ2) is 6.75. The maximum absolute atomic E-state index is 8.70. The molecular weight excluding hydrogens is 222 g/mol. The van der Waals surface area contributed by atoms with Crippen LogP contribution in [0.15, 0.2) is 17.1 Å². The van der Waals surface area contributed by atoms with E-state index < -0.39 is 0 Å². The van der Waals surface area contributed by atoms with E-state index in [1.54, 1.807) is 39.7 Å². The third kappa shape index (κ3) is 3.10. The van der Waals surface area contributed by atoms with Crippen molar-refractivity contribution in [2.75, 3.05) is 34.5 Å². The van der Waals surface area contributed by atoms with E-state index in [0.29, 0.717) is 29.4 Å². The zero-order valence-corrected chi connectivity index (χ0v) is 10.3. The average Bonchev–Trinajstić information content (AvgIpc) is 2.38. The highest BCUT2D eigenvalue weighted by atomic mass is 16.5. The van der Waals surface area contributed by atoms with Crippen molar-refractivity contribution in [3.63, 3.8) is 0 Å². The van der Waals surface area contributed by atoms with E-state index in [-0.39, 0.29) is 6.61 Å². The summed E-state index contributed by atoms with van der Waals surface area (Å²) in [7, 11) is 4.70. The van der Waals surface area contributed by atoms with Crippen molar-refractivity contribution in [3.05, 3.63) is 17.7 Å². The Morgan fingerprint density at radius 2 is 1.76 bits per heavy atom. The second-order valence-corrected chi connectivity index (χ2v) is 3.18. The number of nitrogens with zero attached hydrogens (tertiary/aromatic N) is 1. The van der Waals surface area contributed by atoms with Gasteiger partial charge in [0.05, 0.1) is 40.0 Å². The maximum Gasteiger partial charge on any atom is 0.173 e. The molecule has 94 valence electrons.